The molecule has 0 saturated heterocycles. The van der Waals surface area contributed by atoms with Crippen molar-refractivity contribution in [2.24, 2.45) is 0 Å². The fourth-order valence-electron chi connectivity index (χ4n) is 1.74. The van der Waals surface area contributed by atoms with Gasteiger partial charge >= 0.3 is 0 Å². The molecule has 2 aromatic heterocycles. The number of carbonyl (C=O) groups excluding carboxylic acids is 1. The molecular formula is C12H10N4OS3. The highest BCUT2D eigenvalue weighted by atomic mass is 32.2. The number of fused-ring (bicyclic) bond motifs is 1. The zero-order chi connectivity index (χ0) is 14.1. The monoisotopic (exact) mass is 322 g/mol. The minimum Gasteiger partial charge on any atom is -0.297 e. The van der Waals surface area contributed by atoms with Crippen LogP contribution in [0.15, 0.2) is 23.1 Å². The molecule has 0 bridgehead atoms. The van der Waals surface area contributed by atoms with Gasteiger partial charge in [-0.3, -0.25) is 10.1 Å². The lowest BCUT2D eigenvalue weighted by molar-refractivity contribution is 0.103. The minimum atomic E-state index is -0.206. The Labute approximate surface area is 127 Å². The summed E-state index contributed by atoms with van der Waals surface area (Å²) in [6.07, 6.45) is 2.01. The summed E-state index contributed by atoms with van der Waals surface area (Å²) in [4.78, 5) is 18.2. The molecule has 8 heteroatoms. The normalized spacial score (nSPS) is 10.9. The summed E-state index contributed by atoms with van der Waals surface area (Å²) in [7, 11) is 0. The SMILES string of the molecule is CSc1cccc2sc(NC(=O)c3snnc3C)nc12. The van der Waals surface area contributed by atoms with Gasteiger partial charge in [-0.2, -0.15) is 0 Å². The first-order valence-electron chi connectivity index (χ1n) is 5.73. The summed E-state index contributed by atoms with van der Waals surface area (Å²) in [6, 6.07) is 6.02. The lowest BCUT2D eigenvalue weighted by atomic mass is 10.3. The third-order valence-corrected chi connectivity index (χ3v) is 5.21. The number of carbonyl (C=O) groups is 1. The molecule has 3 aromatic rings. The Morgan fingerprint density at radius 2 is 2.25 bits per heavy atom. The number of benzene rings is 1. The maximum absolute atomic E-state index is 12.1. The van der Waals surface area contributed by atoms with Crippen LogP contribution in [-0.4, -0.2) is 26.7 Å². The molecule has 0 saturated carbocycles. The van der Waals surface area contributed by atoms with E-state index < -0.39 is 0 Å². The Kier molecular flexibility index (Phi) is 3.68. The van der Waals surface area contributed by atoms with Crippen molar-refractivity contribution in [2.45, 2.75) is 11.8 Å². The fraction of sp³-hybridized carbons (Fsp3) is 0.167. The van der Waals surface area contributed by atoms with E-state index in [1.165, 1.54) is 11.3 Å². The summed E-state index contributed by atoms with van der Waals surface area (Å²) < 4.78 is 4.83. The van der Waals surface area contributed by atoms with Crippen LogP contribution in [0.1, 0.15) is 15.4 Å². The molecule has 0 spiro atoms. The van der Waals surface area contributed by atoms with E-state index in [0.717, 1.165) is 26.6 Å². The van der Waals surface area contributed by atoms with E-state index in [9.17, 15) is 4.79 Å². The van der Waals surface area contributed by atoms with E-state index in [2.05, 4.69) is 19.9 Å². The number of amides is 1. The quantitative estimate of drug-likeness (QED) is 0.748. The average molecular weight is 322 g/mol. The summed E-state index contributed by atoms with van der Waals surface area (Å²) in [5, 5.41) is 7.25. The van der Waals surface area contributed by atoms with E-state index in [0.29, 0.717) is 15.7 Å². The van der Waals surface area contributed by atoms with Crippen LogP contribution >= 0.6 is 34.6 Å². The van der Waals surface area contributed by atoms with Crippen molar-refractivity contribution in [2.75, 3.05) is 11.6 Å². The molecule has 0 atom stereocenters. The Morgan fingerprint density at radius 3 is 2.95 bits per heavy atom. The van der Waals surface area contributed by atoms with Crippen LogP contribution in [0.4, 0.5) is 5.13 Å². The third kappa shape index (κ3) is 2.41. The highest BCUT2D eigenvalue weighted by Crippen LogP contribution is 2.32. The molecule has 0 aliphatic carbocycles. The molecule has 1 amide bonds. The predicted octanol–water partition coefficient (Wildman–Crippen LogP) is 3.43. The Hall–Kier alpha value is -1.51. The van der Waals surface area contributed by atoms with Gasteiger partial charge < -0.3 is 0 Å². The summed E-state index contributed by atoms with van der Waals surface area (Å²) >= 11 is 4.20. The highest BCUT2D eigenvalue weighted by molar-refractivity contribution is 7.98. The number of hydrogen-bond acceptors (Lipinski definition) is 7. The van der Waals surface area contributed by atoms with Gasteiger partial charge in [-0.25, -0.2) is 4.98 Å². The number of thiazole rings is 1. The molecule has 20 heavy (non-hydrogen) atoms. The van der Waals surface area contributed by atoms with Crippen LogP contribution in [-0.2, 0) is 0 Å². The smallest absolute Gasteiger partial charge is 0.271 e. The Bertz CT molecular complexity index is 780. The van der Waals surface area contributed by atoms with Crippen molar-refractivity contribution < 1.29 is 4.79 Å². The Balaban J connectivity index is 1.92. The molecule has 0 aliphatic rings. The van der Waals surface area contributed by atoms with Crippen LogP contribution in [0.2, 0.25) is 0 Å². The summed E-state index contributed by atoms with van der Waals surface area (Å²) in [6.45, 7) is 1.77. The van der Waals surface area contributed by atoms with Crippen LogP contribution < -0.4 is 5.32 Å². The van der Waals surface area contributed by atoms with Crippen LogP contribution in [0.3, 0.4) is 0 Å². The molecule has 102 valence electrons. The van der Waals surface area contributed by atoms with Crippen molar-refractivity contribution >= 4 is 55.9 Å². The second-order valence-corrected chi connectivity index (χ2v) is 6.60. The van der Waals surface area contributed by atoms with E-state index in [1.807, 2.05) is 24.5 Å². The van der Waals surface area contributed by atoms with Gasteiger partial charge in [-0.15, -0.1) is 16.9 Å². The largest absolute Gasteiger partial charge is 0.297 e. The van der Waals surface area contributed by atoms with Crippen molar-refractivity contribution in [1.82, 2.24) is 14.6 Å². The molecule has 5 nitrogen and oxygen atoms in total. The first kappa shape index (κ1) is 13.5. The number of thioether (sulfide) groups is 1. The topological polar surface area (TPSA) is 67.8 Å². The van der Waals surface area contributed by atoms with Gasteiger partial charge in [0.1, 0.15) is 4.88 Å². The van der Waals surface area contributed by atoms with E-state index in [4.69, 9.17) is 0 Å². The van der Waals surface area contributed by atoms with Crippen LogP contribution in [0.5, 0.6) is 0 Å². The predicted molar refractivity (Wildman–Crippen MR) is 84.0 cm³/mol. The number of para-hydroxylation sites is 1. The summed E-state index contributed by atoms with van der Waals surface area (Å²) in [5.41, 5.74) is 1.57. The molecule has 0 radical (unpaired) electrons. The maximum Gasteiger partial charge on any atom is 0.271 e. The second kappa shape index (κ2) is 5.47. The number of aromatic nitrogens is 3. The zero-order valence-electron chi connectivity index (χ0n) is 10.7. The highest BCUT2D eigenvalue weighted by Gasteiger charge is 2.15. The van der Waals surface area contributed by atoms with Gasteiger partial charge in [0.05, 0.1) is 15.9 Å². The van der Waals surface area contributed by atoms with Gasteiger partial charge in [0.15, 0.2) is 5.13 Å². The van der Waals surface area contributed by atoms with Crippen molar-refractivity contribution in [1.29, 1.82) is 0 Å². The number of nitrogens with zero attached hydrogens (tertiary/aromatic N) is 3. The van der Waals surface area contributed by atoms with Crippen LogP contribution in [0.25, 0.3) is 10.2 Å². The standard InChI is InChI=1S/C12H10N4OS3/c1-6-10(20-16-15-6)11(17)14-12-13-9-7(18-2)4-3-5-8(9)19-12/h3-5H,1-2H3,(H,13,14,17). The number of hydrogen-bond donors (Lipinski definition) is 1. The molecule has 0 unspecified atom stereocenters. The fourth-order valence-corrected chi connectivity index (χ4v) is 3.80. The molecule has 0 fully saturated rings. The zero-order valence-corrected chi connectivity index (χ0v) is 13.2. The van der Waals surface area contributed by atoms with Gasteiger partial charge in [-0.05, 0) is 36.8 Å². The third-order valence-electron chi connectivity index (χ3n) is 2.68. The van der Waals surface area contributed by atoms with Crippen molar-refractivity contribution in [3.05, 3.63) is 28.8 Å². The van der Waals surface area contributed by atoms with E-state index >= 15 is 0 Å². The molecule has 3 rings (SSSR count). The number of aryl methyl sites for hydroxylation is 1. The minimum absolute atomic E-state index is 0.206. The first-order valence-corrected chi connectivity index (χ1v) is 8.54. The van der Waals surface area contributed by atoms with Gasteiger partial charge in [0.2, 0.25) is 0 Å². The van der Waals surface area contributed by atoms with Gasteiger partial charge in [-0.1, -0.05) is 21.9 Å². The van der Waals surface area contributed by atoms with E-state index in [-0.39, 0.29) is 5.91 Å². The number of anilines is 1. The van der Waals surface area contributed by atoms with Crippen molar-refractivity contribution in [3.63, 3.8) is 0 Å². The molecule has 0 aliphatic heterocycles. The van der Waals surface area contributed by atoms with Crippen LogP contribution in [0, 0.1) is 6.92 Å². The number of rotatable bonds is 3. The maximum atomic E-state index is 12.1. The molecule has 2 heterocycles. The second-order valence-electron chi connectivity index (χ2n) is 3.97. The summed E-state index contributed by atoms with van der Waals surface area (Å²) in [5.74, 6) is -0.206. The molecular weight excluding hydrogens is 312 g/mol. The average Bonchev–Trinajstić information content (AvgIpc) is 3.03. The lowest BCUT2D eigenvalue weighted by Gasteiger charge is -1.98. The van der Waals surface area contributed by atoms with Crippen molar-refractivity contribution in [3.8, 4) is 0 Å². The van der Waals surface area contributed by atoms with Gasteiger partial charge in [0.25, 0.3) is 5.91 Å². The van der Waals surface area contributed by atoms with E-state index in [1.54, 1.807) is 18.7 Å². The van der Waals surface area contributed by atoms with Gasteiger partial charge in [0, 0.05) is 4.90 Å². The first-order chi connectivity index (χ1) is 9.69. The molecule has 1 N–H and O–H groups in total. The lowest BCUT2D eigenvalue weighted by Crippen LogP contribution is -2.11. The molecule has 1 aromatic carbocycles. The number of nitrogens with one attached hydrogen (secondary N) is 1. The Morgan fingerprint density at radius 1 is 1.40 bits per heavy atom.